The van der Waals surface area contributed by atoms with E-state index in [9.17, 15) is 18.8 Å². The molecule has 1 saturated heterocycles. The van der Waals surface area contributed by atoms with E-state index < -0.39 is 6.03 Å². The van der Waals surface area contributed by atoms with E-state index in [1.54, 1.807) is 60.0 Å². The molecule has 0 bridgehead atoms. The number of para-hydroxylation sites is 1. The molecule has 1 aliphatic heterocycles. The summed E-state index contributed by atoms with van der Waals surface area (Å²) < 4.78 is 16.0. The number of aromatic nitrogens is 1. The van der Waals surface area contributed by atoms with E-state index in [0.29, 0.717) is 28.2 Å². The van der Waals surface area contributed by atoms with Gasteiger partial charge in [0.15, 0.2) is 0 Å². The third-order valence-electron chi connectivity index (χ3n) is 5.23. The number of carbonyl (C=O) groups excluding carboxylic acids is 3. The second-order valence-electron chi connectivity index (χ2n) is 7.36. The van der Waals surface area contributed by atoms with Crippen molar-refractivity contribution < 1.29 is 18.8 Å². The quantitative estimate of drug-likeness (QED) is 0.620. The molecule has 7 nitrogen and oxygen atoms in total. The number of anilines is 1. The average Bonchev–Trinajstić information content (AvgIpc) is 3.21. The molecule has 0 atom stereocenters. The van der Waals surface area contributed by atoms with Crippen LogP contribution in [0.1, 0.15) is 27.3 Å². The maximum atomic E-state index is 14.3. The summed E-state index contributed by atoms with van der Waals surface area (Å²) in [6, 6.07) is 14.6. The first-order valence-corrected chi connectivity index (χ1v) is 9.77. The second-order valence-corrected chi connectivity index (χ2v) is 7.36. The molecule has 31 heavy (non-hydrogen) atoms. The monoisotopic (exact) mass is 420 g/mol. The van der Waals surface area contributed by atoms with Crippen LogP contribution in [0.5, 0.6) is 0 Å². The Hall–Kier alpha value is -3.94. The predicted molar refractivity (Wildman–Crippen MR) is 114 cm³/mol. The first-order chi connectivity index (χ1) is 14.8. The van der Waals surface area contributed by atoms with Gasteiger partial charge in [0.2, 0.25) is 5.91 Å². The number of nitrogens with one attached hydrogen (secondary N) is 2. The van der Waals surface area contributed by atoms with Crippen LogP contribution in [0.25, 0.3) is 5.69 Å². The number of aryl methyl sites for hydroxylation is 1. The van der Waals surface area contributed by atoms with Crippen LogP contribution in [0.3, 0.4) is 0 Å². The van der Waals surface area contributed by atoms with E-state index in [0.717, 1.165) is 10.6 Å². The molecule has 2 heterocycles. The Kier molecular flexibility index (Phi) is 5.29. The molecule has 4 rings (SSSR count). The lowest BCUT2D eigenvalue weighted by Gasteiger charge is -2.14. The van der Waals surface area contributed by atoms with Crippen molar-refractivity contribution in [3.8, 4) is 5.69 Å². The lowest BCUT2D eigenvalue weighted by molar-refractivity contribution is -0.125. The molecule has 0 unspecified atom stereocenters. The van der Waals surface area contributed by atoms with Gasteiger partial charge in [-0.15, -0.1) is 0 Å². The topological polar surface area (TPSA) is 83.4 Å². The van der Waals surface area contributed by atoms with E-state index in [2.05, 4.69) is 10.6 Å². The van der Waals surface area contributed by atoms with Crippen LogP contribution in [0, 0.1) is 19.7 Å². The molecule has 2 aromatic carbocycles. The molecule has 1 fully saturated rings. The minimum absolute atomic E-state index is 0.00706. The zero-order chi connectivity index (χ0) is 22.1. The first kappa shape index (κ1) is 20.3. The van der Waals surface area contributed by atoms with Crippen molar-refractivity contribution in [2.24, 2.45) is 0 Å². The summed E-state index contributed by atoms with van der Waals surface area (Å²) in [5.41, 5.74) is 3.41. The Morgan fingerprint density at radius 1 is 1.10 bits per heavy atom. The van der Waals surface area contributed by atoms with Gasteiger partial charge >= 0.3 is 6.03 Å². The summed E-state index contributed by atoms with van der Waals surface area (Å²) in [4.78, 5) is 37.6. The Labute approximate surface area is 178 Å². The predicted octanol–water partition coefficient (Wildman–Crippen LogP) is 3.54. The summed E-state index contributed by atoms with van der Waals surface area (Å²) in [5, 5.41) is 5.32. The van der Waals surface area contributed by atoms with Crippen LogP contribution in [-0.2, 0) is 11.3 Å². The molecule has 158 valence electrons. The van der Waals surface area contributed by atoms with Gasteiger partial charge in [-0.2, -0.15) is 0 Å². The minimum Gasteiger partial charge on any atom is -0.329 e. The molecular formula is C23H21FN4O3. The number of hydrogen-bond acceptors (Lipinski definition) is 3. The number of benzene rings is 2. The van der Waals surface area contributed by atoms with Crippen molar-refractivity contribution in [2.75, 3.05) is 11.9 Å². The SMILES string of the molecule is Cc1cc(C(=O)Nc2cccc(CN3C(=O)CNC3=O)c2)c(C)n1-c1ccccc1F. The van der Waals surface area contributed by atoms with E-state index in [1.165, 1.54) is 6.07 Å². The molecular weight excluding hydrogens is 399 g/mol. The summed E-state index contributed by atoms with van der Waals surface area (Å²) in [6.07, 6.45) is 0. The molecule has 1 aromatic heterocycles. The Morgan fingerprint density at radius 2 is 1.87 bits per heavy atom. The summed E-state index contributed by atoms with van der Waals surface area (Å²) in [6.45, 7) is 3.69. The van der Waals surface area contributed by atoms with Crippen molar-refractivity contribution >= 4 is 23.5 Å². The van der Waals surface area contributed by atoms with Gasteiger partial charge in [-0.25, -0.2) is 9.18 Å². The third-order valence-corrected chi connectivity index (χ3v) is 5.23. The summed E-state index contributed by atoms with van der Waals surface area (Å²) in [7, 11) is 0. The van der Waals surface area contributed by atoms with Gasteiger partial charge in [0.25, 0.3) is 5.91 Å². The number of hydrogen-bond donors (Lipinski definition) is 2. The number of nitrogens with zero attached hydrogens (tertiary/aromatic N) is 2. The Balaban J connectivity index is 1.56. The number of halogens is 1. The molecule has 1 aliphatic rings. The van der Waals surface area contributed by atoms with E-state index >= 15 is 0 Å². The van der Waals surface area contributed by atoms with Crippen LogP contribution < -0.4 is 10.6 Å². The fourth-order valence-corrected chi connectivity index (χ4v) is 3.74. The van der Waals surface area contributed by atoms with Crippen molar-refractivity contribution in [1.29, 1.82) is 0 Å². The highest BCUT2D eigenvalue weighted by Crippen LogP contribution is 2.24. The third kappa shape index (κ3) is 3.92. The summed E-state index contributed by atoms with van der Waals surface area (Å²) in [5.74, 6) is -0.993. The number of amides is 4. The van der Waals surface area contributed by atoms with Crippen LogP contribution in [0.4, 0.5) is 14.9 Å². The van der Waals surface area contributed by atoms with Crippen LogP contribution >= 0.6 is 0 Å². The molecule has 0 aliphatic carbocycles. The first-order valence-electron chi connectivity index (χ1n) is 9.77. The second kappa shape index (κ2) is 8.06. The van der Waals surface area contributed by atoms with E-state index in [4.69, 9.17) is 0 Å². The van der Waals surface area contributed by atoms with Crippen molar-refractivity contribution in [1.82, 2.24) is 14.8 Å². The molecule has 3 aromatic rings. The van der Waals surface area contributed by atoms with Crippen LogP contribution in [0.2, 0.25) is 0 Å². The fraction of sp³-hybridized carbons (Fsp3) is 0.174. The van der Waals surface area contributed by atoms with Crippen LogP contribution in [0.15, 0.2) is 54.6 Å². The molecule has 0 spiro atoms. The van der Waals surface area contributed by atoms with Gasteiger partial charge in [-0.3, -0.25) is 14.5 Å². The van der Waals surface area contributed by atoms with E-state index in [-0.39, 0.29) is 30.7 Å². The van der Waals surface area contributed by atoms with Crippen molar-refractivity contribution in [2.45, 2.75) is 20.4 Å². The maximum absolute atomic E-state index is 14.3. The van der Waals surface area contributed by atoms with Gasteiger partial charge in [-0.1, -0.05) is 24.3 Å². The van der Waals surface area contributed by atoms with E-state index in [1.807, 2.05) is 6.92 Å². The molecule has 8 heteroatoms. The van der Waals surface area contributed by atoms with Crippen molar-refractivity contribution in [3.63, 3.8) is 0 Å². The maximum Gasteiger partial charge on any atom is 0.324 e. The van der Waals surface area contributed by atoms with Gasteiger partial charge in [-0.05, 0) is 49.7 Å². The zero-order valence-corrected chi connectivity index (χ0v) is 17.1. The highest BCUT2D eigenvalue weighted by atomic mass is 19.1. The number of imide groups is 1. The highest BCUT2D eigenvalue weighted by molar-refractivity contribution is 6.05. The lowest BCUT2D eigenvalue weighted by Crippen LogP contribution is -2.30. The average molecular weight is 420 g/mol. The van der Waals surface area contributed by atoms with Gasteiger partial charge in [0, 0.05) is 17.1 Å². The van der Waals surface area contributed by atoms with Crippen LogP contribution in [-0.4, -0.2) is 33.9 Å². The zero-order valence-electron chi connectivity index (χ0n) is 17.1. The molecule has 4 amide bonds. The standard InChI is InChI=1S/C23H21FN4O3/c1-14-10-18(15(2)28(14)20-9-4-3-8-19(20)24)22(30)26-17-7-5-6-16(11-17)13-27-21(29)12-25-23(27)31/h3-11H,12-13H2,1-2H3,(H,25,31)(H,26,30). The molecule has 0 radical (unpaired) electrons. The fourth-order valence-electron chi connectivity index (χ4n) is 3.74. The van der Waals surface area contributed by atoms with Crippen molar-refractivity contribution in [3.05, 3.63) is 82.9 Å². The van der Waals surface area contributed by atoms with Gasteiger partial charge in [0.1, 0.15) is 5.82 Å². The minimum atomic E-state index is -0.431. The Morgan fingerprint density at radius 3 is 2.58 bits per heavy atom. The Bertz CT molecular complexity index is 1190. The largest absolute Gasteiger partial charge is 0.329 e. The highest BCUT2D eigenvalue weighted by Gasteiger charge is 2.28. The summed E-state index contributed by atoms with van der Waals surface area (Å²) >= 11 is 0. The number of urea groups is 1. The lowest BCUT2D eigenvalue weighted by atomic mass is 10.1. The molecule has 2 N–H and O–H groups in total. The normalized spacial score (nSPS) is 13.5. The number of rotatable bonds is 5. The van der Waals surface area contributed by atoms with Gasteiger partial charge < -0.3 is 15.2 Å². The number of carbonyl (C=O) groups is 3. The molecule has 0 saturated carbocycles. The smallest absolute Gasteiger partial charge is 0.324 e. The van der Waals surface area contributed by atoms with Gasteiger partial charge in [0.05, 0.1) is 24.3 Å².